The SMILES string of the molecule is CN(CCC(=O)O)S(=O)(=O)CCC1CC1. The van der Waals surface area contributed by atoms with E-state index in [1.165, 1.54) is 7.05 Å². The Morgan fingerprint density at radius 3 is 2.53 bits per heavy atom. The lowest BCUT2D eigenvalue weighted by atomic mass is 10.3. The smallest absolute Gasteiger partial charge is 0.304 e. The van der Waals surface area contributed by atoms with Crippen LogP contribution in [0, 0.1) is 5.92 Å². The summed E-state index contributed by atoms with van der Waals surface area (Å²) in [7, 11) is -1.81. The zero-order valence-corrected chi connectivity index (χ0v) is 9.66. The second kappa shape index (κ2) is 4.94. The molecule has 0 bridgehead atoms. The molecule has 0 heterocycles. The van der Waals surface area contributed by atoms with Crippen LogP contribution in [0.3, 0.4) is 0 Å². The van der Waals surface area contributed by atoms with Gasteiger partial charge < -0.3 is 5.11 Å². The molecule has 1 N–H and O–H groups in total. The molecule has 1 aliphatic carbocycles. The van der Waals surface area contributed by atoms with E-state index in [1.807, 2.05) is 0 Å². The Balaban J connectivity index is 2.33. The van der Waals surface area contributed by atoms with Gasteiger partial charge in [0, 0.05) is 13.6 Å². The Morgan fingerprint density at radius 2 is 2.07 bits per heavy atom. The molecule has 1 rings (SSSR count). The predicted molar refractivity (Wildman–Crippen MR) is 56.0 cm³/mol. The first-order valence-corrected chi connectivity index (χ1v) is 6.68. The van der Waals surface area contributed by atoms with Crippen LogP contribution in [0.15, 0.2) is 0 Å². The lowest BCUT2D eigenvalue weighted by Crippen LogP contribution is -2.31. The van der Waals surface area contributed by atoms with Crippen LogP contribution in [0.5, 0.6) is 0 Å². The molecule has 0 aromatic heterocycles. The van der Waals surface area contributed by atoms with E-state index in [0.29, 0.717) is 12.3 Å². The Bertz CT molecular complexity index is 321. The summed E-state index contributed by atoms with van der Waals surface area (Å²) in [5.74, 6) is -0.250. The highest BCUT2D eigenvalue weighted by atomic mass is 32.2. The van der Waals surface area contributed by atoms with Gasteiger partial charge in [0.2, 0.25) is 10.0 Å². The van der Waals surface area contributed by atoms with Crippen LogP contribution in [0.25, 0.3) is 0 Å². The van der Waals surface area contributed by atoms with Gasteiger partial charge in [0.05, 0.1) is 12.2 Å². The molecule has 0 aromatic rings. The van der Waals surface area contributed by atoms with Crippen molar-refractivity contribution in [2.75, 3.05) is 19.3 Å². The summed E-state index contributed by atoms with van der Waals surface area (Å²) in [6.45, 7) is 0.0579. The van der Waals surface area contributed by atoms with Gasteiger partial charge in [-0.2, -0.15) is 0 Å². The van der Waals surface area contributed by atoms with E-state index in [-0.39, 0.29) is 18.7 Å². The highest BCUT2D eigenvalue weighted by molar-refractivity contribution is 7.89. The fourth-order valence-electron chi connectivity index (χ4n) is 1.27. The molecule has 0 spiro atoms. The molecule has 0 aromatic carbocycles. The molecule has 0 aliphatic heterocycles. The third-order valence-electron chi connectivity index (χ3n) is 2.60. The Morgan fingerprint density at radius 1 is 1.47 bits per heavy atom. The van der Waals surface area contributed by atoms with Crippen molar-refractivity contribution >= 4 is 16.0 Å². The summed E-state index contributed by atoms with van der Waals surface area (Å²) in [4.78, 5) is 10.3. The summed E-state index contributed by atoms with van der Waals surface area (Å²) in [6, 6.07) is 0. The number of nitrogens with zero attached hydrogens (tertiary/aromatic N) is 1. The van der Waals surface area contributed by atoms with Gasteiger partial charge in [-0.15, -0.1) is 0 Å². The number of carboxylic acids is 1. The molecule has 1 fully saturated rings. The van der Waals surface area contributed by atoms with E-state index in [9.17, 15) is 13.2 Å². The van der Waals surface area contributed by atoms with Crippen LogP contribution < -0.4 is 0 Å². The molecule has 0 unspecified atom stereocenters. The van der Waals surface area contributed by atoms with Crippen molar-refractivity contribution in [1.29, 1.82) is 0 Å². The second-order valence-corrected chi connectivity index (χ2v) is 6.21. The van der Waals surface area contributed by atoms with E-state index in [1.54, 1.807) is 0 Å². The van der Waals surface area contributed by atoms with E-state index < -0.39 is 16.0 Å². The standard InChI is InChI=1S/C9H17NO4S/c1-10(6-4-9(11)12)15(13,14)7-5-8-2-3-8/h8H,2-7H2,1H3,(H,11,12). The number of hydrogen-bond donors (Lipinski definition) is 1. The summed E-state index contributed by atoms with van der Waals surface area (Å²) in [5.41, 5.74) is 0. The minimum absolute atomic E-state index is 0.0579. The van der Waals surface area contributed by atoms with Crippen molar-refractivity contribution in [3.05, 3.63) is 0 Å². The van der Waals surface area contributed by atoms with Gasteiger partial charge in [0.25, 0.3) is 0 Å². The topological polar surface area (TPSA) is 74.7 Å². The van der Waals surface area contributed by atoms with Crippen molar-refractivity contribution in [2.24, 2.45) is 5.92 Å². The average molecular weight is 235 g/mol. The second-order valence-electron chi connectivity index (χ2n) is 4.01. The minimum Gasteiger partial charge on any atom is -0.481 e. The average Bonchev–Trinajstić information content (AvgIpc) is 2.94. The van der Waals surface area contributed by atoms with E-state index >= 15 is 0 Å². The summed E-state index contributed by atoms with van der Waals surface area (Å²) in [6.07, 6.45) is 2.83. The zero-order valence-electron chi connectivity index (χ0n) is 8.85. The van der Waals surface area contributed by atoms with Crippen LogP contribution in [0.1, 0.15) is 25.7 Å². The molecule has 0 atom stereocenters. The number of carbonyl (C=O) groups is 1. The molecule has 0 radical (unpaired) electrons. The van der Waals surface area contributed by atoms with Crippen molar-refractivity contribution in [3.63, 3.8) is 0 Å². The van der Waals surface area contributed by atoms with Gasteiger partial charge in [-0.05, 0) is 12.3 Å². The monoisotopic (exact) mass is 235 g/mol. The molecule has 5 nitrogen and oxygen atoms in total. The Hall–Kier alpha value is -0.620. The first-order chi connectivity index (χ1) is 6.92. The number of sulfonamides is 1. The van der Waals surface area contributed by atoms with E-state index in [4.69, 9.17) is 5.11 Å². The quantitative estimate of drug-likeness (QED) is 0.698. The largest absolute Gasteiger partial charge is 0.481 e. The van der Waals surface area contributed by atoms with Crippen molar-refractivity contribution in [2.45, 2.75) is 25.7 Å². The van der Waals surface area contributed by atoms with Crippen LogP contribution in [0.4, 0.5) is 0 Å². The fourth-order valence-corrected chi connectivity index (χ4v) is 2.58. The molecular formula is C9H17NO4S. The minimum atomic E-state index is -3.24. The lowest BCUT2D eigenvalue weighted by Gasteiger charge is -2.15. The van der Waals surface area contributed by atoms with Gasteiger partial charge in [-0.3, -0.25) is 4.79 Å². The van der Waals surface area contributed by atoms with Crippen LogP contribution in [-0.2, 0) is 14.8 Å². The van der Waals surface area contributed by atoms with E-state index in [2.05, 4.69) is 0 Å². The van der Waals surface area contributed by atoms with Crippen LogP contribution in [-0.4, -0.2) is 43.1 Å². The Labute approximate surface area is 90.1 Å². The zero-order chi connectivity index (χ0) is 11.5. The maximum Gasteiger partial charge on any atom is 0.304 e. The third kappa shape index (κ3) is 4.61. The maximum absolute atomic E-state index is 11.6. The normalized spacial score (nSPS) is 16.9. The van der Waals surface area contributed by atoms with Gasteiger partial charge in [-0.25, -0.2) is 12.7 Å². The van der Waals surface area contributed by atoms with Crippen molar-refractivity contribution in [3.8, 4) is 0 Å². The van der Waals surface area contributed by atoms with Crippen molar-refractivity contribution < 1.29 is 18.3 Å². The molecule has 0 amide bonds. The highest BCUT2D eigenvalue weighted by Crippen LogP contribution is 2.32. The molecule has 88 valence electrons. The predicted octanol–water partition coefficient (Wildman–Crippen LogP) is 0.523. The van der Waals surface area contributed by atoms with Gasteiger partial charge in [-0.1, -0.05) is 12.8 Å². The number of hydrogen-bond acceptors (Lipinski definition) is 3. The van der Waals surface area contributed by atoms with Crippen LogP contribution in [0.2, 0.25) is 0 Å². The fraction of sp³-hybridized carbons (Fsp3) is 0.889. The summed E-state index contributed by atoms with van der Waals surface area (Å²) < 4.78 is 24.4. The van der Waals surface area contributed by atoms with Gasteiger partial charge in [0.1, 0.15) is 0 Å². The number of rotatable bonds is 7. The first kappa shape index (κ1) is 12.4. The third-order valence-corrected chi connectivity index (χ3v) is 4.48. The molecule has 1 saturated carbocycles. The van der Waals surface area contributed by atoms with Gasteiger partial charge >= 0.3 is 5.97 Å². The number of aliphatic carboxylic acids is 1. The first-order valence-electron chi connectivity index (χ1n) is 5.07. The lowest BCUT2D eigenvalue weighted by molar-refractivity contribution is -0.137. The summed E-state index contributed by atoms with van der Waals surface area (Å²) >= 11 is 0. The molecule has 6 heteroatoms. The molecule has 0 saturated heterocycles. The van der Waals surface area contributed by atoms with E-state index in [0.717, 1.165) is 17.1 Å². The van der Waals surface area contributed by atoms with Crippen LogP contribution >= 0.6 is 0 Å². The number of carboxylic acid groups (broad SMARTS) is 1. The molecular weight excluding hydrogens is 218 g/mol. The highest BCUT2D eigenvalue weighted by Gasteiger charge is 2.25. The maximum atomic E-state index is 11.6. The molecule has 1 aliphatic rings. The Kier molecular flexibility index (Phi) is 4.10. The van der Waals surface area contributed by atoms with Gasteiger partial charge in [0.15, 0.2) is 0 Å². The van der Waals surface area contributed by atoms with Crippen molar-refractivity contribution in [1.82, 2.24) is 4.31 Å². The molecule has 15 heavy (non-hydrogen) atoms. The summed E-state index contributed by atoms with van der Waals surface area (Å²) in [5, 5.41) is 8.43.